The molecule has 0 aliphatic carbocycles. The number of carbonyl (C=O) groups is 3. The third-order valence-electron chi connectivity index (χ3n) is 5.03. The van der Waals surface area contributed by atoms with Crippen molar-refractivity contribution < 1.29 is 18.8 Å². The van der Waals surface area contributed by atoms with Gasteiger partial charge < -0.3 is 0 Å². The highest BCUT2D eigenvalue weighted by molar-refractivity contribution is 7.14. The Labute approximate surface area is 186 Å². The minimum atomic E-state index is -0.427. The number of hydrogen-bond acceptors (Lipinski definition) is 5. The zero-order valence-corrected chi connectivity index (χ0v) is 17.2. The summed E-state index contributed by atoms with van der Waals surface area (Å²) in [7, 11) is 0. The average molecular weight is 443 g/mol. The number of benzene rings is 3. The van der Waals surface area contributed by atoms with E-state index < -0.39 is 17.7 Å². The molecule has 0 fully saturated rings. The Hall–Kier alpha value is -4.17. The molecule has 0 atom stereocenters. The quantitative estimate of drug-likeness (QED) is 0.450. The molecule has 0 bridgehead atoms. The Morgan fingerprint density at radius 3 is 2.28 bits per heavy atom. The number of carbonyl (C=O) groups excluding carboxylic acids is 3. The second-order valence-corrected chi connectivity index (χ2v) is 7.90. The summed E-state index contributed by atoms with van der Waals surface area (Å²) in [5, 5.41) is 4.86. The van der Waals surface area contributed by atoms with Gasteiger partial charge >= 0.3 is 0 Å². The Balaban J connectivity index is 1.36. The van der Waals surface area contributed by atoms with Crippen LogP contribution in [0.4, 0.5) is 15.2 Å². The van der Waals surface area contributed by atoms with Crippen molar-refractivity contribution in [2.45, 2.75) is 0 Å². The Bertz CT molecular complexity index is 1350. The lowest BCUT2D eigenvalue weighted by atomic mass is 10.1. The molecular weight excluding hydrogens is 429 g/mol. The molecule has 0 unspecified atom stereocenters. The highest BCUT2D eigenvalue weighted by Crippen LogP contribution is 2.29. The topological polar surface area (TPSA) is 79.4 Å². The number of amides is 3. The molecule has 8 heteroatoms. The number of rotatable bonds is 4. The van der Waals surface area contributed by atoms with Gasteiger partial charge in [0.05, 0.1) is 22.5 Å². The van der Waals surface area contributed by atoms with Crippen LogP contribution in [0.5, 0.6) is 0 Å². The van der Waals surface area contributed by atoms with Crippen LogP contribution in [-0.4, -0.2) is 22.7 Å². The van der Waals surface area contributed by atoms with Gasteiger partial charge in [-0.05, 0) is 54.6 Å². The maximum atomic E-state index is 13.1. The molecule has 4 aromatic rings. The van der Waals surface area contributed by atoms with Crippen LogP contribution < -0.4 is 10.2 Å². The zero-order valence-electron chi connectivity index (χ0n) is 16.4. The second kappa shape index (κ2) is 7.82. The summed E-state index contributed by atoms with van der Waals surface area (Å²) < 4.78 is 13.1. The standard InChI is InChI=1S/C24H14FN3O3S/c25-16-10-8-14(9-11-16)20-13-32-24(26-20)27-21(29)15-4-3-5-17(12-15)28-22(30)18-6-1-2-7-19(18)23(28)31/h1-13H,(H,26,27,29). The van der Waals surface area contributed by atoms with E-state index in [2.05, 4.69) is 10.3 Å². The number of nitrogens with zero attached hydrogens (tertiary/aromatic N) is 2. The van der Waals surface area contributed by atoms with Crippen molar-refractivity contribution in [2.24, 2.45) is 0 Å². The van der Waals surface area contributed by atoms with Crippen LogP contribution in [0.3, 0.4) is 0 Å². The van der Waals surface area contributed by atoms with Crippen molar-refractivity contribution in [3.63, 3.8) is 0 Å². The van der Waals surface area contributed by atoms with Crippen molar-refractivity contribution in [3.05, 3.63) is 101 Å². The highest BCUT2D eigenvalue weighted by Gasteiger charge is 2.36. The Kier molecular flexibility index (Phi) is 4.84. The number of imide groups is 1. The maximum Gasteiger partial charge on any atom is 0.266 e. The fraction of sp³-hybridized carbons (Fsp3) is 0. The zero-order chi connectivity index (χ0) is 22.2. The molecule has 1 aliphatic heterocycles. The second-order valence-electron chi connectivity index (χ2n) is 7.04. The van der Waals surface area contributed by atoms with Gasteiger partial charge in [-0.1, -0.05) is 18.2 Å². The van der Waals surface area contributed by atoms with Crippen LogP contribution in [0.2, 0.25) is 0 Å². The van der Waals surface area contributed by atoms with Crippen LogP contribution in [0.25, 0.3) is 11.3 Å². The van der Waals surface area contributed by atoms with E-state index in [1.165, 1.54) is 29.5 Å². The molecule has 1 aliphatic rings. The Morgan fingerprint density at radius 1 is 0.906 bits per heavy atom. The molecule has 3 aromatic carbocycles. The summed E-state index contributed by atoms with van der Waals surface area (Å²) in [6, 6.07) is 18.8. The van der Waals surface area contributed by atoms with Gasteiger partial charge in [-0.2, -0.15) is 0 Å². The minimum Gasteiger partial charge on any atom is -0.298 e. The lowest BCUT2D eigenvalue weighted by Crippen LogP contribution is -2.29. The summed E-state index contributed by atoms with van der Waals surface area (Å²) >= 11 is 1.24. The average Bonchev–Trinajstić information content (AvgIpc) is 3.37. The van der Waals surface area contributed by atoms with E-state index in [9.17, 15) is 18.8 Å². The van der Waals surface area contributed by atoms with Crippen LogP contribution in [0.1, 0.15) is 31.1 Å². The number of hydrogen-bond donors (Lipinski definition) is 1. The molecule has 2 heterocycles. The summed E-state index contributed by atoms with van der Waals surface area (Å²) in [6.07, 6.45) is 0. The van der Waals surface area contributed by atoms with E-state index >= 15 is 0 Å². The first-order valence-electron chi connectivity index (χ1n) is 9.62. The molecule has 3 amide bonds. The van der Waals surface area contributed by atoms with Crippen molar-refractivity contribution in [1.82, 2.24) is 4.98 Å². The first-order valence-corrected chi connectivity index (χ1v) is 10.5. The van der Waals surface area contributed by atoms with Crippen molar-refractivity contribution in [2.75, 3.05) is 10.2 Å². The van der Waals surface area contributed by atoms with Crippen LogP contribution >= 0.6 is 11.3 Å². The molecule has 0 saturated carbocycles. The lowest BCUT2D eigenvalue weighted by Gasteiger charge is -2.14. The number of nitrogens with one attached hydrogen (secondary N) is 1. The van der Waals surface area contributed by atoms with Crippen LogP contribution in [0.15, 0.2) is 78.2 Å². The maximum absolute atomic E-state index is 13.1. The molecule has 1 N–H and O–H groups in total. The number of fused-ring (bicyclic) bond motifs is 1. The van der Waals surface area contributed by atoms with E-state index in [-0.39, 0.29) is 11.4 Å². The molecule has 0 saturated heterocycles. The van der Waals surface area contributed by atoms with E-state index in [1.807, 2.05) is 0 Å². The van der Waals surface area contributed by atoms with Gasteiger partial charge in [-0.25, -0.2) is 14.3 Å². The molecule has 156 valence electrons. The number of anilines is 2. The SMILES string of the molecule is O=C(Nc1nc(-c2ccc(F)cc2)cs1)c1cccc(N2C(=O)c3ccccc3C2=O)c1. The van der Waals surface area contributed by atoms with Crippen molar-refractivity contribution in [3.8, 4) is 11.3 Å². The summed E-state index contributed by atoms with van der Waals surface area (Å²) in [5.41, 5.74) is 2.61. The molecule has 5 rings (SSSR count). The molecule has 1 aromatic heterocycles. The summed E-state index contributed by atoms with van der Waals surface area (Å²) in [6.45, 7) is 0. The largest absolute Gasteiger partial charge is 0.298 e. The predicted octanol–water partition coefficient (Wildman–Crippen LogP) is 5.00. The summed E-state index contributed by atoms with van der Waals surface area (Å²) in [4.78, 5) is 43.6. The number of thiazole rings is 1. The van der Waals surface area contributed by atoms with E-state index in [4.69, 9.17) is 0 Å². The van der Waals surface area contributed by atoms with Crippen molar-refractivity contribution in [1.29, 1.82) is 0 Å². The normalized spacial score (nSPS) is 12.7. The number of aromatic nitrogens is 1. The van der Waals surface area contributed by atoms with Gasteiger partial charge in [-0.15, -0.1) is 11.3 Å². The van der Waals surface area contributed by atoms with E-state index in [1.54, 1.807) is 60.0 Å². The fourth-order valence-electron chi connectivity index (χ4n) is 3.46. The minimum absolute atomic E-state index is 0.276. The first-order chi connectivity index (χ1) is 15.5. The lowest BCUT2D eigenvalue weighted by molar-refractivity contribution is 0.0924. The van der Waals surface area contributed by atoms with Gasteiger partial charge in [0.25, 0.3) is 17.7 Å². The summed E-state index contributed by atoms with van der Waals surface area (Å²) in [5.74, 6) is -1.61. The van der Waals surface area contributed by atoms with Gasteiger partial charge in [-0.3, -0.25) is 19.7 Å². The van der Waals surface area contributed by atoms with E-state index in [0.717, 1.165) is 10.5 Å². The van der Waals surface area contributed by atoms with E-state index in [0.29, 0.717) is 27.6 Å². The van der Waals surface area contributed by atoms with Crippen LogP contribution in [-0.2, 0) is 0 Å². The molecular formula is C24H14FN3O3S. The number of halogens is 1. The fourth-order valence-corrected chi connectivity index (χ4v) is 4.18. The van der Waals surface area contributed by atoms with Gasteiger partial charge in [0.1, 0.15) is 5.82 Å². The van der Waals surface area contributed by atoms with Gasteiger partial charge in [0.15, 0.2) is 5.13 Å². The molecule has 6 nitrogen and oxygen atoms in total. The molecule has 0 spiro atoms. The monoisotopic (exact) mass is 443 g/mol. The smallest absolute Gasteiger partial charge is 0.266 e. The predicted molar refractivity (Wildman–Crippen MR) is 119 cm³/mol. The molecule has 32 heavy (non-hydrogen) atoms. The highest BCUT2D eigenvalue weighted by atomic mass is 32.1. The van der Waals surface area contributed by atoms with Gasteiger partial charge in [0, 0.05) is 16.5 Å². The van der Waals surface area contributed by atoms with Crippen LogP contribution in [0, 0.1) is 5.82 Å². The first kappa shape index (κ1) is 19.8. The third-order valence-corrected chi connectivity index (χ3v) is 5.78. The van der Waals surface area contributed by atoms with Crippen molar-refractivity contribution >= 4 is 39.9 Å². The van der Waals surface area contributed by atoms with Gasteiger partial charge in [0.2, 0.25) is 0 Å². The molecule has 0 radical (unpaired) electrons. The Morgan fingerprint density at radius 2 is 1.59 bits per heavy atom. The third kappa shape index (κ3) is 3.46.